The van der Waals surface area contributed by atoms with Crippen LogP contribution in [0.5, 0.6) is 5.75 Å². The summed E-state index contributed by atoms with van der Waals surface area (Å²) < 4.78 is 0. The van der Waals surface area contributed by atoms with E-state index >= 15 is 0 Å². The van der Waals surface area contributed by atoms with Gasteiger partial charge in [0.15, 0.2) is 0 Å². The van der Waals surface area contributed by atoms with Gasteiger partial charge in [-0.1, -0.05) is 0 Å². The van der Waals surface area contributed by atoms with E-state index in [1.807, 2.05) is 6.26 Å². The highest BCUT2D eigenvalue weighted by molar-refractivity contribution is 7.98. The maximum Gasteiger partial charge on any atom is 0.312 e. The molecule has 0 amide bonds. The van der Waals surface area contributed by atoms with E-state index in [2.05, 4.69) is 0 Å². The van der Waals surface area contributed by atoms with E-state index in [0.29, 0.717) is 5.56 Å². The number of aromatic hydroxyl groups is 1. The van der Waals surface area contributed by atoms with E-state index in [9.17, 15) is 9.90 Å². The molecule has 82 valence electrons. The van der Waals surface area contributed by atoms with Crippen LogP contribution in [-0.4, -0.2) is 29.0 Å². The highest BCUT2D eigenvalue weighted by Gasteiger charge is 2.21. The summed E-state index contributed by atoms with van der Waals surface area (Å²) in [5.74, 6) is -1.89. The van der Waals surface area contributed by atoms with Gasteiger partial charge in [-0.25, -0.2) is 0 Å². The Balaban J connectivity index is 3.15. The van der Waals surface area contributed by atoms with Gasteiger partial charge in [0.25, 0.3) is 0 Å². The minimum atomic E-state index is -1.02. The van der Waals surface area contributed by atoms with Gasteiger partial charge in [0, 0.05) is 17.0 Å². The summed E-state index contributed by atoms with van der Waals surface area (Å²) in [7, 11) is 0. The highest BCUT2D eigenvalue weighted by atomic mass is 32.2. The van der Waals surface area contributed by atoms with Gasteiger partial charge in [0.2, 0.25) is 0 Å². The maximum absolute atomic E-state index is 10.9. The van der Waals surface area contributed by atoms with Crippen LogP contribution >= 0.6 is 11.8 Å². The zero-order chi connectivity index (χ0) is 11.4. The number of hydrogen-bond donors (Lipinski definition) is 3. The fraction of sp³-hybridized carbons (Fsp3) is 0.300. The molecule has 0 heterocycles. The van der Waals surface area contributed by atoms with Crippen molar-refractivity contribution in [3.05, 3.63) is 23.8 Å². The molecule has 0 aromatic heterocycles. The zero-order valence-electron chi connectivity index (χ0n) is 8.30. The second-order valence-corrected chi connectivity index (χ2v) is 3.93. The average Bonchev–Trinajstić information content (AvgIpc) is 2.21. The number of carboxylic acids is 1. The second-order valence-electron chi connectivity index (χ2n) is 3.05. The summed E-state index contributed by atoms with van der Waals surface area (Å²) in [6, 6.07) is 4.89. The molecule has 5 heteroatoms. The topological polar surface area (TPSA) is 83.5 Å². The molecule has 0 aliphatic carbocycles. The quantitative estimate of drug-likeness (QED) is 0.674. The van der Waals surface area contributed by atoms with Crippen LogP contribution in [0.15, 0.2) is 23.1 Å². The van der Waals surface area contributed by atoms with E-state index < -0.39 is 11.9 Å². The van der Waals surface area contributed by atoms with Crippen LogP contribution in [0.1, 0.15) is 11.5 Å². The first kappa shape index (κ1) is 11.9. The molecule has 0 saturated heterocycles. The fourth-order valence-electron chi connectivity index (χ4n) is 1.30. The highest BCUT2D eigenvalue weighted by Crippen LogP contribution is 2.29. The van der Waals surface area contributed by atoms with Crippen molar-refractivity contribution in [2.24, 2.45) is 5.73 Å². The van der Waals surface area contributed by atoms with Crippen molar-refractivity contribution in [3.8, 4) is 5.75 Å². The van der Waals surface area contributed by atoms with Crippen LogP contribution in [0.2, 0.25) is 0 Å². The molecule has 4 N–H and O–H groups in total. The summed E-state index contributed by atoms with van der Waals surface area (Å²) in [5.41, 5.74) is 5.74. The Hall–Kier alpha value is -1.20. The molecule has 1 rings (SSSR count). The number of carbonyl (C=O) groups is 1. The van der Waals surface area contributed by atoms with E-state index in [-0.39, 0.29) is 12.3 Å². The Morgan fingerprint density at radius 3 is 2.73 bits per heavy atom. The van der Waals surface area contributed by atoms with Gasteiger partial charge < -0.3 is 15.9 Å². The minimum Gasteiger partial charge on any atom is -0.508 e. The summed E-state index contributed by atoms with van der Waals surface area (Å²) in [4.78, 5) is 11.8. The van der Waals surface area contributed by atoms with Gasteiger partial charge in [-0.3, -0.25) is 4.79 Å². The summed E-state index contributed by atoms with van der Waals surface area (Å²) in [6.07, 6.45) is 1.88. The van der Waals surface area contributed by atoms with Crippen LogP contribution in [0, 0.1) is 0 Å². The number of benzene rings is 1. The third kappa shape index (κ3) is 2.64. The molecular weight excluding hydrogens is 214 g/mol. The van der Waals surface area contributed by atoms with Gasteiger partial charge in [-0.15, -0.1) is 11.8 Å². The third-order valence-electron chi connectivity index (χ3n) is 2.14. The van der Waals surface area contributed by atoms with Crippen molar-refractivity contribution in [3.63, 3.8) is 0 Å². The Morgan fingerprint density at radius 2 is 2.27 bits per heavy atom. The second kappa shape index (κ2) is 5.04. The number of rotatable bonds is 4. The molecule has 0 fully saturated rings. The smallest absolute Gasteiger partial charge is 0.312 e. The van der Waals surface area contributed by atoms with E-state index in [4.69, 9.17) is 10.8 Å². The Labute approximate surface area is 92.1 Å². The lowest BCUT2D eigenvalue weighted by Gasteiger charge is -2.12. The van der Waals surface area contributed by atoms with E-state index in [0.717, 1.165) is 4.90 Å². The Kier molecular flexibility index (Phi) is 3.99. The first-order valence-corrected chi connectivity index (χ1v) is 5.62. The van der Waals surface area contributed by atoms with Crippen molar-refractivity contribution in [2.75, 3.05) is 12.8 Å². The van der Waals surface area contributed by atoms with Gasteiger partial charge in [0.05, 0.1) is 5.92 Å². The number of hydrogen-bond acceptors (Lipinski definition) is 4. The number of aliphatic carboxylic acids is 1. The van der Waals surface area contributed by atoms with Crippen molar-refractivity contribution >= 4 is 17.7 Å². The first-order valence-electron chi connectivity index (χ1n) is 4.40. The molecule has 0 aliphatic rings. The third-order valence-corrected chi connectivity index (χ3v) is 2.87. The molecule has 15 heavy (non-hydrogen) atoms. The predicted molar refractivity (Wildman–Crippen MR) is 59.3 cm³/mol. The Bertz CT molecular complexity index is 368. The molecular formula is C10H13NO3S. The van der Waals surface area contributed by atoms with Gasteiger partial charge in [0.1, 0.15) is 5.75 Å². The van der Waals surface area contributed by atoms with Crippen molar-refractivity contribution < 1.29 is 15.0 Å². The zero-order valence-corrected chi connectivity index (χ0v) is 9.12. The lowest BCUT2D eigenvalue weighted by molar-refractivity contribution is -0.138. The minimum absolute atomic E-state index is 0.0225. The van der Waals surface area contributed by atoms with Crippen LogP contribution < -0.4 is 5.73 Å². The number of phenolic OH excluding ortho intramolecular Hbond substituents is 1. The molecule has 4 nitrogen and oxygen atoms in total. The molecule has 1 atom stereocenters. The molecule has 1 unspecified atom stereocenters. The molecule has 0 spiro atoms. The largest absolute Gasteiger partial charge is 0.508 e. The van der Waals surface area contributed by atoms with Crippen molar-refractivity contribution in [1.82, 2.24) is 0 Å². The summed E-state index contributed by atoms with van der Waals surface area (Å²) in [5, 5.41) is 18.5. The number of nitrogens with two attached hydrogens (primary N) is 1. The molecule has 0 saturated carbocycles. The summed E-state index contributed by atoms with van der Waals surface area (Å²) >= 11 is 1.49. The molecule has 0 aliphatic heterocycles. The fourth-order valence-corrected chi connectivity index (χ4v) is 1.75. The van der Waals surface area contributed by atoms with Crippen LogP contribution in [-0.2, 0) is 4.79 Å². The number of phenols is 1. The predicted octanol–water partition coefficient (Wildman–Crippen LogP) is 1.24. The molecule has 1 aromatic rings. The van der Waals surface area contributed by atoms with Gasteiger partial charge >= 0.3 is 5.97 Å². The van der Waals surface area contributed by atoms with E-state index in [1.54, 1.807) is 12.1 Å². The lowest BCUT2D eigenvalue weighted by atomic mass is 9.98. The SMILES string of the molecule is CSc1ccc(O)c(C(CN)C(=O)O)c1. The number of carboxylic acid groups (broad SMARTS) is 1. The standard InChI is InChI=1S/C10H13NO3S/c1-15-6-2-3-9(12)7(4-6)8(5-11)10(13)14/h2-4,8,12H,5,11H2,1H3,(H,13,14). The Morgan fingerprint density at radius 1 is 1.60 bits per heavy atom. The van der Waals surface area contributed by atoms with Crippen LogP contribution in [0.3, 0.4) is 0 Å². The normalized spacial score (nSPS) is 12.4. The molecule has 0 bridgehead atoms. The van der Waals surface area contributed by atoms with Crippen molar-refractivity contribution in [1.29, 1.82) is 0 Å². The van der Waals surface area contributed by atoms with Crippen LogP contribution in [0.25, 0.3) is 0 Å². The van der Waals surface area contributed by atoms with Gasteiger partial charge in [-0.05, 0) is 24.5 Å². The number of thioether (sulfide) groups is 1. The first-order chi connectivity index (χ1) is 7.10. The molecule has 0 radical (unpaired) electrons. The molecule has 1 aromatic carbocycles. The van der Waals surface area contributed by atoms with Gasteiger partial charge in [-0.2, -0.15) is 0 Å². The average molecular weight is 227 g/mol. The monoisotopic (exact) mass is 227 g/mol. The van der Waals surface area contributed by atoms with Crippen molar-refractivity contribution in [2.45, 2.75) is 10.8 Å². The van der Waals surface area contributed by atoms with E-state index in [1.165, 1.54) is 17.8 Å². The summed E-state index contributed by atoms with van der Waals surface area (Å²) in [6.45, 7) is -0.0271. The maximum atomic E-state index is 10.9. The lowest BCUT2D eigenvalue weighted by Crippen LogP contribution is -2.21. The van der Waals surface area contributed by atoms with Crippen LogP contribution in [0.4, 0.5) is 0 Å².